The van der Waals surface area contributed by atoms with Gasteiger partial charge in [0.05, 0.1) is 18.2 Å². The predicted octanol–water partition coefficient (Wildman–Crippen LogP) is 3.61. The molecule has 1 amide bonds. The van der Waals surface area contributed by atoms with Crippen LogP contribution in [0.25, 0.3) is 10.9 Å². The number of rotatable bonds is 10. The number of amides is 1. The van der Waals surface area contributed by atoms with Gasteiger partial charge in [0.2, 0.25) is 5.91 Å². The first-order valence-electron chi connectivity index (χ1n) is 11.5. The zero-order valence-electron chi connectivity index (χ0n) is 19.4. The Hall–Kier alpha value is -2.64. The van der Waals surface area contributed by atoms with Gasteiger partial charge in [-0.15, -0.1) is 0 Å². The van der Waals surface area contributed by atoms with E-state index in [2.05, 4.69) is 52.6 Å². The summed E-state index contributed by atoms with van der Waals surface area (Å²) in [6, 6.07) is 7.85. The van der Waals surface area contributed by atoms with E-state index in [1.54, 1.807) is 6.08 Å². The van der Waals surface area contributed by atoms with Crippen molar-refractivity contribution < 1.29 is 19.4 Å². The Morgan fingerprint density at radius 1 is 1.22 bits per heavy atom. The van der Waals surface area contributed by atoms with Gasteiger partial charge in [0.25, 0.3) is 0 Å². The highest BCUT2D eigenvalue weighted by molar-refractivity contribution is 5.87. The summed E-state index contributed by atoms with van der Waals surface area (Å²) in [7, 11) is 0. The second-order valence-corrected chi connectivity index (χ2v) is 8.45. The number of carbonyl (C=O) groups is 2. The SMILES string of the molecule is CCC(CC)O[C@@H]1C=C(C(=O)O)C[C@H](NCc2ccc3c(ccn3CC)c2)[C@H]1NC(C)=O. The highest BCUT2D eigenvalue weighted by Crippen LogP contribution is 2.25. The van der Waals surface area contributed by atoms with Gasteiger partial charge in [-0.3, -0.25) is 4.79 Å². The maximum atomic E-state index is 12.0. The standard InChI is InChI=1S/C25H35N3O4/c1-5-20(6-2)32-23-14-19(25(30)31)13-21(24(23)27-16(4)29)26-15-17-8-9-22-18(12-17)10-11-28(22)7-3/h8-12,14,20-21,23-24,26H,5-7,13,15H2,1-4H3,(H,27,29)(H,30,31)/t21-,23+,24+/m0/s1. The van der Waals surface area contributed by atoms with Crippen LogP contribution in [0.15, 0.2) is 42.1 Å². The lowest BCUT2D eigenvalue weighted by atomic mass is 9.87. The molecule has 0 spiro atoms. The van der Waals surface area contributed by atoms with E-state index in [1.165, 1.54) is 17.8 Å². The Morgan fingerprint density at radius 3 is 2.59 bits per heavy atom. The molecular weight excluding hydrogens is 406 g/mol. The molecule has 0 bridgehead atoms. The van der Waals surface area contributed by atoms with Gasteiger partial charge in [0.15, 0.2) is 0 Å². The molecule has 2 aromatic rings. The number of aliphatic carboxylic acids is 1. The van der Waals surface area contributed by atoms with Gasteiger partial charge in [-0.1, -0.05) is 19.9 Å². The second-order valence-electron chi connectivity index (χ2n) is 8.45. The summed E-state index contributed by atoms with van der Waals surface area (Å²) in [5.74, 6) is -1.10. The molecule has 0 fully saturated rings. The van der Waals surface area contributed by atoms with Gasteiger partial charge in [-0.2, -0.15) is 0 Å². The quantitative estimate of drug-likeness (QED) is 0.524. The van der Waals surface area contributed by atoms with Crippen LogP contribution in [0.1, 0.15) is 52.5 Å². The number of hydrogen-bond donors (Lipinski definition) is 3. The Balaban J connectivity index is 1.82. The number of aryl methyl sites for hydroxylation is 1. The fourth-order valence-corrected chi connectivity index (χ4v) is 4.45. The summed E-state index contributed by atoms with van der Waals surface area (Å²) >= 11 is 0. The molecule has 3 rings (SSSR count). The van der Waals surface area contributed by atoms with Gasteiger partial charge < -0.3 is 25.0 Å². The third-order valence-electron chi connectivity index (χ3n) is 6.24. The lowest BCUT2D eigenvalue weighted by Gasteiger charge is -2.38. The van der Waals surface area contributed by atoms with E-state index in [9.17, 15) is 14.7 Å². The van der Waals surface area contributed by atoms with Gasteiger partial charge in [-0.05, 0) is 61.4 Å². The number of ether oxygens (including phenoxy) is 1. The van der Waals surface area contributed by atoms with E-state index in [1.807, 2.05) is 13.8 Å². The molecule has 1 heterocycles. The van der Waals surface area contributed by atoms with Crippen molar-refractivity contribution in [2.75, 3.05) is 0 Å². The summed E-state index contributed by atoms with van der Waals surface area (Å²) < 4.78 is 8.44. The van der Waals surface area contributed by atoms with Crippen LogP contribution in [0.3, 0.4) is 0 Å². The molecule has 1 aromatic carbocycles. The number of hydrogen-bond acceptors (Lipinski definition) is 4. The van der Waals surface area contributed by atoms with Crippen LogP contribution in [0.5, 0.6) is 0 Å². The number of nitrogens with zero attached hydrogens (tertiary/aromatic N) is 1. The number of carboxylic acid groups (broad SMARTS) is 1. The Bertz CT molecular complexity index is 977. The lowest BCUT2D eigenvalue weighted by Crippen LogP contribution is -2.58. The molecule has 32 heavy (non-hydrogen) atoms. The Morgan fingerprint density at radius 2 is 1.97 bits per heavy atom. The summed E-state index contributed by atoms with van der Waals surface area (Å²) in [5, 5.41) is 17.4. The van der Waals surface area contributed by atoms with E-state index in [0.717, 1.165) is 24.9 Å². The van der Waals surface area contributed by atoms with E-state index < -0.39 is 12.1 Å². The van der Waals surface area contributed by atoms with Crippen molar-refractivity contribution in [3.8, 4) is 0 Å². The average Bonchev–Trinajstić information content (AvgIpc) is 3.19. The van der Waals surface area contributed by atoms with Gasteiger partial charge in [0.1, 0.15) is 0 Å². The zero-order valence-corrected chi connectivity index (χ0v) is 19.4. The molecule has 1 aromatic heterocycles. The molecule has 1 aliphatic carbocycles. The number of carbonyl (C=O) groups excluding carboxylic acids is 1. The third kappa shape index (κ3) is 5.58. The number of benzene rings is 1. The van der Waals surface area contributed by atoms with Gasteiger partial charge >= 0.3 is 5.97 Å². The highest BCUT2D eigenvalue weighted by atomic mass is 16.5. The largest absolute Gasteiger partial charge is 0.478 e. The molecule has 3 atom stereocenters. The molecule has 1 aliphatic rings. The third-order valence-corrected chi connectivity index (χ3v) is 6.24. The van der Waals surface area contributed by atoms with Crippen molar-refractivity contribution in [3.05, 3.63) is 47.7 Å². The van der Waals surface area contributed by atoms with Gasteiger partial charge in [0, 0.05) is 43.3 Å². The van der Waals surface area contributed by atoms with Crippen LogP contribution >= 0.6 is 0 Å². The molecule has 174 valence electrons. The molecule has 0 radical (unpaired) electrons. The van der Waals surface area contributed by atoms with Crippen LogP contribution in [0.4, 0.5) is 0 Å². The number of carboxylic acids is 1. The number of aromatic nitrogens is 1. The molecule has 7 heteroatoms. The van der Waals surface area contributed by atoms with E-state index in [4.69, 9.17) is 4.74 Å². The van der Waals surface area contributed by atoms with Crippen molar-refractivity contribution in [2.24, 2.45) is 0 Å². The van der Waals surface area contributed by atoms with E-state index >= 15 is 0 Å². The summed E-state index contributed by atoms with van der Waals surface area (Å²) in [4.78, 5) is 23.8. The first-order valence-corrected chi connectivity index (χ1v) is 11.5. The van der Waals surface area contributed by atoms with Crippen molar-refractivity contribution in [2.45, 2.75) is 84.3 Å². The molecule has 0 saturated heterocycles. The maximum absolute atomic E-state index is 12.0. The van der Waals surface area contributed by atoms with Crippen LogP contribution in [0.2, 0.25) is 0 Å². The minimum Gasteiger partial charge on any atom is -0.478 e. The Kier molecular flexibility index (Phi) is 8.10. The fraction of sp³-hybridized carbons (Fsp3) is 0.520. The normalized spacial score (nSPS) is 21.0. The van der Waals surface area contributed by atoms with E-state index in [-0.39, 0.29) is 24.1 Å². The van der Waals surface area contributed by atoms with Crippen LogP contribution in [0, 0.1) is 0 Å². The molecule has 0 unspecified atom stereocenters. The fourth-order valence-electron chi connectivity index (χ4n) is 4.45. The summed E-state index contributed by atoms with van der Waals surface area (Å²) in [5.41, 5.74) is 2.62. The minimum atomic E-state index is -0.946. The molecule has 7 nitrogen and oxygen atoms in total. The summed E-state index contributed by atoms with van der Waals surface area (Å²) in [6.45, 7) is 9.18. The first kappa shape index (κ1) is 24.0. The van der Waals surface area contributed by atoms with Gasteiger partial charge in [-0.25, -0.2) is 4.79 Å². The monoisotopic (exact) mass is 441 g/mol. The van der Waals surface area contributed by atoms with Crippen molar-refractivity contribution in [1.29, 1.82) is 0 Å². The summed E-state index contributed by atoms with van der Waals surface area (Å²) in [6.07, 6.45) is 5.22. The zero-order chi connectivity index (χ0) is 23.3. The van der Waals surface area contributed by atoms with Crippen molar-refractivity contribution in [1.82, 2.24) is 15.2 Å². The number of fused-ring (bicyclic) bond motifs is 1. The second kappa shape index (κ2) is 10.8. The lowest BCUT2D eigenvalue weighted by molar-refractivity contribution is -0.133. The topological polar surface area (TPSA) is 92.6 Å². The van der Waals surface area contributed by atoms with Crippen LogP contribution in [-0.4, -0.2) is 45.8 Å². The minimum absolute atomic E-state index is 0.00585. The number of nitrogens with one attached hydrogen (secondary N) is 2. The molecule has 0 saturated carbocycles. The average molecular weight is 442 g/mol. The van der Waals surface area contributed by atoms with Crippen LogP contribution in [-0.2, 0) is 27.4 Å². The van der Waals surface area contributed by atoms with Crippen molar-refractivity contribution >= 4 is 22.8 Å². The highest BCUT2D eigenvalue weighted by Gasteiger charge is 2.37. The first-order chi connectivity index (χ1) is 15.4. The smallest absolute Gasteiger partial charge is 0.331 e. The molecule has 3 N–H and O–H groups in total. The predicted molar refractivity (Wildman–Crippen MR) is 125 cm³/mol. The van der Waals surface area contributed by atoms with Crippen LogP contribution < -0.4 is 10.6 Å². The molecular formula is C25H35N3O4. The maximum Gasteiger partial charge on any atom is 0.331 e. The van der Waals surface area contributed by atoms with Crippen molar-refractivity contribution in [3.63, 3.8) is 0 Å². The molecule has 0 aliphatic heterocycles. The Labute approximate surface area is 189 Å². The van der Waals surface area contributed by atoms with E-state index in [0.29, 0.717) is 18.5 Å².